The highest BCUT2D eigenvalue weighted by Crippen LogP contribution is 2.37. The Labute approximate surface area is 96.8 Å². The number of ether oxygens (including phenoxy) is 1. The lowest BCUT2D eigenvalue weighted by atomic mass is 10.0. The molecule has 0 radical (unpaired) electrons. The van der Waals surface area contributed by atoms with Crippen molar-refractivity contribution < 1.29 is 14.2 Å². The second-order valence-electron chi connectivity index (χ2n) is 4.38. The van der Waals surface area contributed by atoms with Crippen molar-refractivity contribution >= 4 is 5.82 Å². The third-order valence-electron chi connectivity index (χ3n) is 2.80. The maximum absolute atomic E-state index is 13.8. The second-order valence-corrected chi connectivity index (χ2v) is 4.38. The number of halogens is 1. The number of aliphatic hydroxyl groups excluding tert-OH is 1. The van der Waals surface area contributed by atoms with E-state index in [1.54, 1.807) is 6.92 Å². The van der Waals surface area contributed by atoms with Crippen molar-refractivity contribution in [2.75, 3.05) is 12.3 Å². The zero-order chi connectivity index (χ0) is 12.6. The zero-order valence-electron chi connectivity index (χ0n) is 9.34. The van der Waals surface area contributed by atoms with Crippen LogP contribution in [0.5, 0.6) is 0 Å². The van der Waals surface area contributed by atoms with E-state index in [0.29, 0.717) is 0 Å². The van der Waals surface area contributed by atoms with Crippen LogP contribution in [0.4, 0.5) is 10.2 Å². The van der Waals surface area contributed by atoms with Gasteiger partial charge in [0.25, 0.3) is 0 Å². The summed E-state index contributed by atoms with van der Waals surface area (Å²) in [5, 5.41) is 9.11. The summed E-state index contributed by atoms with van der Waals surface area (Å²) in [7, 11) is 0. The predicted octanol–water partition coefficient (Wildman–Crippen LogP) is -0.166. The molecule has 7 heteroatoms. The summed E-state index contributed by atoms with van der Waals surface area (Å²) in [6.07, 6.45) is -1.06. The summed E-state index contributed by atoms with van der Waals surface area (Å²) in [4.78, 5) is 15.0. The first-order valence-corrected chi connectivity index (χ1v) is 5.22. The summed E-state index contributed by atoms with van der Waals surface area (Å²) in [6, 6.07) is 1.39. The van der Waals surface area contributed by atoms with E-state index in [0.717, 1.165) is 4.57 Å². The average molecular weight is 243 g/mol. The number of nitrogens with zero attached hydrogens (tertiary/aromatic N) is 2. The van der Waals surface area contributed by atoms with Crippen molar-refractivity contribution in [3.63, 3.8) is 0 Å². The topological polar surface area (TPSA) is 90.4 Å². The first-order chi connectivity index (χ1) is 7.95. The molecule has 0 bridgehead atoms. The minimum absolute atomic E-state index is 0.0327. The third-order valence-corrected chi connectivity index (χ3v) is 2.80. The Bertz CT molecular complexity index is 478. The second kappa shape index (κ2) is 4.08. The third kappa shape index (κ3) is 2.16. The van der Waals surface area contributed by atoms with Crippen molar-refractivity contribution in [3.05, 3.63) is 22.7 Å². The largest absolute Gasteiger partial charge is 0.393 e. The molecule has 3 atom stereocenters. The van der Waals surface area contributed by atoms with Gasteiger partial charge in [0.15, 0.2) is 6.23 Å². The summed E-state index contributed by atoms with van der Waals surface area (Å²) >= 11 is 0. The Balaban J connectivity index is 2.32. The lowest BCUT2D eigenvalue weighted by Gasteiger charge is -2.21. The Morgan fingerprint density at radius 1 is 1.82 bits per heavy atom. The fraction of sp³-hybridized carbons (Fsp3) is 0.600. The fourth-order valence-electron chi connectivity index (χ4n) is 1.88. The van der Waals surface area contributed by atoms with Gasteiger partial charge in [-0.3, -0.25) is 4.57 Å². The number of alkyl halides is 1. The fourth-order valence-corrected chi connectivity index (χ4v) is 1.88. The number of nitrogens with two attached hydrogens (primary N) is 1. The van der Waals surface area contributed by atoms with Gasteiger partial charge in [-0.05, 0) is 13.0 Å². The molecule has 3 N–H and O–H groups in total. The number of nitrogen functional groups attached to an aromatic ring is 1. The lowest BCUT2D eigenvalue weighted by molar-refractivity contribution is -0.0951. The Kier molecular flexibility index (Phi) is 2.88. The van der Waals surface area contributed by atoms with Crippen LogP contribution in [0.25, 0.3) is 0 Å². The van der Waals surface area contributed by atoms with Gasteiger partial charge >= 0.3 is 5.69 Å². The van der Waals surface area contributed by atoms with Crippen molar-refractivity contribution in [2.24, 2.45) is 0 Å². The highest BCUT2D eigenvalue weighted by molar-refractivity contribution is 5.23. The predicted molar refractivity (Wildman–Crippen MR) is 58.0 cm³/mol. The molecule has 0 saturated carbocycles. The molecule has 94 valence electrons. The molecule has 1 fully saturated rings. The number of aromatic nitrogens is 2. The molecule has 0 amide bonds. The molecular weight excluding hydrogens is 229 g/mol. The van der Waals surface area contributed by atoms with E-state index in [4.69, 9.17) is 15.6 Å². The van der Waals surface area contributed by atoms with E-state index < -0.39 is 23.7 Å². The molecule has 1 saturated heterocycles. The van der Waals surface area contributed by atoms with E-state index in [1.807, 2.05) is 0 Å². The van der Waals surface area contributed by atoms with Crippen LogP contribution in [0.3, 0.4) is 0 Å². The standard InChI is InChI=1S/C10H14FN3O3/c1-10(5-15)4-6(11)8(17-10)14-3-2-7(12)13-9(14)16/h2-3,6,8,15H,4-5H2,1H3,(H2,12,13,16)/t6?,8?,10-/m0/s1. The molecule has 2 unspecified atom stereocenters. The first-order valence-electron chi connectivity index (χ1n) is 5.22. The van der Waals surface area contributed by atoms with Crippen LogP contribution < -0.4 is 11.4 Å². The van der Waals surface area contributed by atoms with Crippen molar-refractivity contribution in [2.45, 2.75) is 31.3 Å². The van der Waals surface area contributed by atoms with Gasteiger partial charge in [-0.15, -0.1) is 0 Å². The number of hydrogen-bond acceptors (Lipinski definition) is 5. The van der Waals surface area contributed by atoms with Crippen LogP contribution in [0, 0.1) is 0 Å². The van der Waals surface area contributed by atoms with Gasteiger partial charge < -0.3 is 15.6 Å². The maximum atomic E-state index is 13.8. The van der Waals surface area contributed by atoms with Gasteiger partial charge in [0, 0.05) is 12.6 Å². The van der Waals surface area contributed by atoms with E-state index >= 15 is 0 Å². The Hall–Kier alpha value is -1.47. The minimum atomic E-state index is -1.37. The summed E-state index contributed by atoms with van der Waals surface area (Å²) in [5.74, 6) is 0.0737. The minimum Gasteiger partial charge on any atom is -0.393 e. The van der Waals surface area contributed by atoms with Crippen LogP contribution in [-0.2, 0) is 4.74 Å². The van der Waals surface area contributed by atoms with E-state index in [9.17, 15) is 9.18 Å². The number of anilines is 1. The van der Waals surface area contributed by atoms with Gasteiger partial charge in [-0.2, -0.15) is 4.98 Å². The molecule has 1 aromatic heterocycles. The van der Waals surface area contributed by atoms with E-state index in [-0.39, 0.29) is 18.8 Å². The molecular formula is C10H14FN3O3. The van der Waals surface area contributed by atoms with Crippen molar-refractivity contribution in [1.82, 2.24) is 9.55 Å². The smallest absolute Gasteiger partial charge is 0.351 e. The number of rotatable bonds is 2. The molecule has 2 heterocycles. The maximum Gasteiger partial charge on any atom is 0.351 e. The van der Waals surface area contributed by atoms with Gasteiger partial charge in [-0.25, -0.2) is 9.18 Å². The van der Waals surface area contributed by atoms with Gasteiger partial charge in [-0.1, -0.05) is 0 Å². The van der Waals surface area contributed by atoms with Crippen LogP contribution in [0.15, 0.2) is 17.1 Å². The molecule has 17 heavy (non-hydrogen) atoms. The molecule has 0 spiro atoms. The van der Waals surface area contributed by atoms with Gasteiger partial charge in [0.1, 0.15) is 12.0 Å². The van der Waals surface area contributed by atoms with E-state index in [2.05, 4.69) is 4.98 Å². The average Bonchev–Trinajstić information content (AvgIpc) is 2.55. The lowest BCUT2D eigenvalue weighted by Crippen LogP contribution is -2.32. The highest BCUT2D eigenvalue weighted by Gasteiger charge is 2.44. The summed E-state index contributed by atoms with van der Waals surface area (Å²) in [6.45, 7) is 1.29. The Morgan fingerprint density at radius 3 is 3.06 bits per heavy atom. The van der Waals surface area contributed by atoms with Crippen LogP contribution in [0.2, 0.25) is 0 Å². The van der Waals surface area contributed by atoms with Crippen LogP contribution in [-0.4, -0.2) is 33.0 Å². The first kappa shape index (κ1) is 12.0. The molecule has 1 aromatic rings. The quantitative estimate of drug-likeness (QED) is 0.752. The summed E-state index contributed by atoms with van der Waals surface area (Å²) < 4.78 is 20.2. The molecule has 0 aliphatic carbocycles. The molecule has 2 rings (SSSR count). The molecule has 1 aliphatic rings. The number of hydrogen-bond donors (Lipinski definition) is 2. The van der Waals surface area contributed by atoms with Crippen LogP contribution in [0.1, 0.15) is 19.6 Å². The molecule has 1 aliphatic heterocycles. The van der Waals surface area contributed by atoms with Crippen LogP contribution >= 0.6 is 0 Å². The van der Waals surface area contributed by atoms with Gasteiger partial charge in [0.2, 0.25) is 0 Å². The van der Waals surface area contributed by atoms with Crippen molar-refractivity contribution in [3.8, 4) is 0 Å². The van der Waals surface area contributed by atoms with Crippen molar-refractivity contribution in [1.29, 1.82) is 0 Å². The van der Waals surface area contributed by atoms with Gasteiger partial charge in [0.05, 0.1) is 12.2 Å². The SMILES string of the molecule is C[C@@]1(CO)CC(F)C(n2ccc(N)nc2=O)O1. The number of aliphatic hydroxyl groups is 1. The van der Waals surface area contributed by atoms with E-state index in [1.165, 1.54) is 12.3 Å². The Morgan fingerprint density at radius 2 is 2.53 bits per heavy atom. The normalized spacial score (nSPS) is 32.9. The highest BCUT2D eigenvalue weighted by atomic mass is 19.1. The zero-order valence-corrected chi connectivity index (χ0v) is 9.34. The molecule has 6 nitrogen and oxygen atoms in total. The monoisotopic (exact) mass is 243 g/mol. The summed E-state index contributed by atoms with van der Waals surface area (Å²) in [5.41, 5.74) is 3.71. The molecule has 0 aromatic carbocycles.